The summed E-state index contributed by atoms with van der Waals surface area (Å²) in [6.07, 6.45) is 5.09. The van der Waals surface area contributed by atoms with Crippen LogP contribution in [0.4, 0.5) is 4.39 Å². The van der Waals surface area contributed by atoms with Crippen LogP contribution in [0.3, 0.4) is 0 Å². The third-order valence-electron chi connectivity index (χ3n) is 4.19. The highest BCUT2D eigenvalue weighted by Gasteiger charge is 2.24. The number of halogens is 1. The molecule has 0 unspecified atom stereocenters. The molecule has 1 aliphatic rings. The molecule has 0 bridgehead atoms. The number of benzene rings is 1. The predicted octanol–water partition coefficient (Wildman–Crippen LogP) is 1.58. The second kappa shape index (κ2) is 7.39. The summed E-state index contributed by atoms with van der Waals surface area (Å²) in [5, 5.41) is 5.05. The molecule has 0 saturated heterocycles. The Morgan fingerprint density at radius 2 is 2.00 bits per heavy atom. The molecule has 3 N–H and O–H groups in total. The first-order chi connectivity index (χ1) is 9.65. The molecule has 1 aromatic carbocycles. The Morgan fingerprint density at radius 3 is 2.70 bits per heavy atom. The van der Waals surface area contributed by atoms with Gasteiger partial charge in [0, 0.05) is 12.5 Å². The molecule has 0 aromatic heterocycles. The normalized spacial score (nSPS) is 22.5. The van der Waals surface area contributed by atoms with Gasteiger partial charge in [-0.1, -0.05) is 25.5 Å². The van der Waals surface area contributed by atoms with Crippen LogP contribution in [0.1, 0.15) is 38.2 Å². The van der Waals surface area contributed by atoms with Gasteiger partial charge in [-0.3, -0.25) is 4.79 Å². The molecular formula is C16H24FN2O+. The lowest BCUT2D eigenvalue weighted by molar-refractivity contribution is -0.687. The molecule has 1 fully saturated rings. The summed E-state index contributed by atoms with van der Waals surface area (Å²) in [7, 11) is 0. The van der Waals surface area contributed by atoms with E-state index < -0.39 is 0 Å². The van der Waals surface area contributed by atoms with Crippen LogP contribution in [0.5, 0.6) is 0 Å². The zero-order valence-corrected chi connectivity index (χ0v) is 12.1. The summed E-state index contributed by atoms with van der Waals surface area (Å²) in [6.45, 7) is 3.22. The fourth-order valence-electron chi connectivity index (χ4n) is 2.83. The van der Waals surface area contributed by atoms with E-state index in [4.69, 9.17) is 0 Å². The van der Waals surface area contributed by atoms with E-state index >= 15 is 0 Å². The van der Waals surface area contributed by atoms with E-state index in [9.17, 15) is 9.18 Å². The smallest absolute Gasteiger partial charge is 0.275 e. The number of nitrogens with one attached hydrogen (secondary N) is 1. The van der Waals surface area contributed by atoms with Crippen LogP contribution in [0.25, 0.3) is 0 Å². The van der Waals surface area contributed by atoms with Crippen molar-refractivity contribution in [1.82, 2.24) is 5.32 Å². The first kappa shape index (κ1) is 15.0. The number of carbonyl (C=O) groups excluding carboxylic acids is 1. The zero-order chi connectivity index (χ0) is 14.4. The van der Waals surface area contributed by atoms with Crippen LogP contribution in [0.15, 0.2) is 24.3 Å². The van der Waals surface area contributed by atoms with Crippen LogP contribution in [-0.4, -0.2) is 18.5 Å². The van der Waals surface area contributed by atoms with Crippen molar-refractivity contribution in [3.63, 3.8) is 0 Å². The highest BCUT2D eigenvalue weighted by molar-refractivity contribution is 5.76. The molecule has 1 aliphatic carbocycles. The van der Waals surface area contributed by atoms with Crippen molar-refractivity contribution in [2.75, 3.05) is 6.54 Å². The highest BCUT2D eigenvalue weighted by Crippen LogP contribution is 2.21. The van der Waals surface area contributed by atoms with E-state index in [1.165, 1.54) is 37.8 Å². The van der Waals surface area contributed by atoms with Gasteiger partial charge < -0.3 is 10.6 Å². The Kier molecular flexibility index (Phi) is 5.53. The molecule has 4 heteroatoms. The average molecular weight is 279 g/mol. The minimum Gasteiger partial charge on any atom is -0.347 e. The van der Waals surface area contributed by atoms with Gasteiger partial charge in [-0.15, -0.1) is 0 Å². The van der Waals surface area contributed by atoms with Crippen molar-refractivity contribution in [2.24, 2.45) is 5.92 Å². The maximum absolute atomic E-state index is 12.8. The Balaban J connectivity index is 1.68. The lowest BCUT2D eigenvalue weighted by Crippen LogP contribution is -2.93. The molecule has 1 saturated carbocycles. The predicted molar refractivity (Wildman–Crippen MR) is 76.5 cm³/mol. The maximum atomic E-state index is 12.8. The molecular weight excluding hydrogens is 255 g/mol. The van der Waals surface area contributed by atoms with Crippen LogP contribution in [-0.2, 0) is 11.3 Å². The molecule has 2 atom stereocenters. The van der Waals surface area contributed by atoms with Gasteiger partial charge in [0.05, 0.1) is 6.04 Å². The van der Waals surface area contributed by atoms with Crippen molar-refractivity contribution >= 4 is 5.91 Å². The van der Waals surface area contributed by atoms with Gasteiger partial charge in [-0.05, 0) is 37.0 Å². The highest BCUT2D eigenvalue weighted by atomic mass is 19.1. The number of hydrogen-bond donors (Lipinski definition) is 2. The van der Waals surface area contributed by atoms with E-state index in [1.54, 1.807) is 12.1 Å². The Morgan fingerprint density at radius 1 is 1.30 bits per heavy atom. The van der Waals surface area contributed by atoms with Gasteiger partial charge >= 0.3 is 0 Å². The van der Waals surface area contributed by atoms with Gasteiger partial charge in [0.15, 0.2) is 6.54 Å². The SMILES string of the molecule is C[C@H]1CCCC[C@@H]1[NH2+]CC(=O)NCc1ccc(F)cc1. The first-order valence-electron chi connectivity index (χ1n) is 7.49. The quantitative estimate of drug-likeness (QED) is 0.844. The third-order valence-corrected chi connectivity index (χ3v) is 4.19. The standard InChI is InChI=1S/C16H23FN2O/c1-12-4-2-3-5-15(12)18-11-16(20)19-10-13-6-8-14(17)9-7-13/h6-9,12,15,18H,2-5,10-11H2,1H3,(H,19,20)/p+1/t12-,15-/m0/s1. The fraction of sp³-hybridized carbons (Fsp3) is 0.562. The van der Waals surface area contributed by atoms with Crippen LogP contribution in [0, 0.1) is 11.7 Å². The maximum Gasteiger partial charge on any atom is 0.275 e. The number of hydrogen-bond acceptors (Lipinski definition) is 1. The molecule has 0 aliphatic heterocycles. The van der Waals surface area contributed by atoms with E-state index in [0.29, 0.717) is 25.0 Å². The van der Waals surface area contributed by atoms with Gasteiger partial charge in [0.25, 0.3) is 5.91 Å². The number of rotatable bonds is 5. The number of amides is 1. The van der Waals surface area contributed by atoms with Gasteiger partial charge in [-0.2, -0.15) is 0 Å². The lowest BCUT2D eigenvalue weighted by Gasteiger charge is -2.26. The largest absolute Gasteiger partial charge is 0.347 e. The van der Waals surface area contributed by atoms with E-state index in [1.807, 2.05) is 0 Å². The summed E-state index contributed by atoms with van der Waals surface area (Å²) in [5.74, 6) is 0.500. The summed E-state index contributed by atoms with van der Waals surface area (Å²) >= 11 is 0. The molecule has 2 rings (SSSR count). The van der Waals surface area contributed by atoms with Crippen LogP contribution < -0.4 is 10.6 Å². The average Bonchev–Trinajstić information content (AvgIpc) is 2.46. The minimum absolute atomic E-state index is 0.0482. The van der Waals surface area contributed by atoms with Crippen molar-refractivity contribution < 1.29 is 14.5 Å². The molecule has 110 valence electrons. The molecule has 0 spiro atoms. The zero-order valence-electron chi connectivity index (χ0n) is 12.1. The van der Waals surface area contributed by atoms with Crippen molar-refractivity contribution in [3.8, 4) is 0 Å². The van der Waals surface area contributed by atoms with Crippen molar-refractivity contribution in [1.29, 1.82) is 0 Å². The van der Waals surface area contributed by atoms with Gasteiger partial charge in [0.2, 0.25) is 0 Å². The second-order valence-corrected chi connectivity index (χ2v) is 5.77. The van der Waals surface area contributed by atoms with E-state index in [2.05, 4.69) is 17.6 Å². The number of nitrogens with two attached hydrogens (primary N) is 1. The molecule has 1 aromatic rings. The molecule has 0 radical (unpaired) electrons. The molecule has 3 nitrogen and oxygen atoms in total. The Bertz CT molecular complexity index is 433. The van der Waals surface area contributed by atoms with Crippen molar-refractivity contribution in [2.45, 2.75) is 45.2 Å². The summed E-state index contributed by atoms with van der Waals surface area (Å²) in [4.78, 5) is 11.8. The monoisotopic (exact) mass is 279 g/mol. The topological polar surface area (TPSA) is 45.7 Å². The Labute approximate surface area is 120 Å². The Hall–Kier alpha value is -1.42. The summed E-state index contributed by atoms with van der Waals surface area (Å²) in [5.41, 5.74) is 0.922. The molecule has 20 heavy (non-hydrogen) atoms. The van der Waals surface area contributed by atoms with Crippen molar-refractivity contribution in [3.05, 3.63) is 35.6 Å². The first-order valence-corrected chi connectivity index (χ1v) is 7.49. The number of quaternary nitrogens is 1. The summed E-state index contributed by atoms with van der Waals surface area (Å²) < 4.78 is 12.8. The second-order valence-electron chi connectivity index (χ2n) is 5.77. The van der Waals surface area contributed by atoms with Crippen LogP contribution >= 0.6 is 0 Å². The van der Waals surface area contributed by atoms with Crippen LogP contribution in [0.2, 0.25) is 0 Å². The summed E-state index contributed by atoms with van der Waals surface area (Å²) in [6, 6.07) is 6.81. The van der Waals surface area contributed by atoms with E-state index in [-0.39, 0.29) is 11.7 Å². The number of carbonyl (C=O) groups is 1. The lowest BCUT2D eigenvalue weighted by atomic mass is 9.86. The third kappa shape index (κ3) is 4.60. The van der Waals surface area contributed by atoms with E-state index in [0.717, 1.165) is 5.56 Å². The van der Waals surface area contributed by atoms with Gasteiger partial charge in [-0.25, -0.2) is 4.39 Å². The van der Waals surface area contributed by atoms with Gasteiger partial charge in [0.1, 0.15) is 5.82 Å². The molecule has 0 heterocycles. The molecule has 1 amide bonds. The fourth-order valence-corrected chi connectivity index (χ4v) is 2.83. The minimum atomic E-state index is -0.250.